The van der Waals surface area contributed by atoms with E-state index in [1.165, 1.54) is 12.0 Å². The molecule has 0 aliphatic heterocycles. The van der Waals surface area contributed by atoms with Gasteiger partial charge in [0.25, 0.3) is 0 Å². The van der Waals surface area contributed by atoms with E-state index in [4.69, 9.17) is 0 Å². The lowest BCUT2D eigenvalue weighted by Crippen LogP contribution is -1.91. The topological polar surface area (TPSA) is 12.9 Å². The van der Waals surface area contributed by atoms with Crippen LogP contribution in [0.1, 0.15) is 31.7 Å². The second-order valence-corrected chi connectivity index (χ2v) is 3.54. The van der Waals surface area contributed by atoms with Crippen molar-refractivity contribution in [1.29, 1.82) is 0 Å². The van der Waals surface area contributed by atoms with Crippen LogP contribution in [0.5, 0.6) is 0 Å². The van der Waals surface area contributed by atoms with Crippen LogP contribution in [0, 0.1) is 0 Å². The zero-order valence-electron chi connectivity index (χ0n) is 6.84. The molecular weight excluding hydrogens is 202 g/mol. The highest BCUT2D eigenvalue weighted by Crippen LogP contribution is 2.18. The van der Waals surface area contributed by atoms with Crippen LogP contribution in [0.15, 0.2) is 22.9 Å². The van der Waals surface area contributed by atoms with Gasteiger partial charge in [0, 0.05) is 6.20 Å². The molecule has 0 amide bonds. The number of nitrogens with zero attached hydrogens (tertiary/aromatic N) is 1. The summed E-state index contributed by atoms with van der Waals surface area (Å²) in [5.74, 6) is 0.621. The van der Waals surface area contributed by atoms with Crippen LogP contribution in [0.2, 0.25) is 0 Å². The first-order valence-corrected chi connectivity index (χ1v) is 4.64. The molecule has 2 heteroatoms. The number of hydrogen-bond donors (Lipinski definition) is 0. The van der Waals surface area contributed by atoms with Crippen LogP contribution in [-0.2, 0) is 0 Å². The molecular formula is C9H12BrN. The van der Waals surface area contributed by atoms with Crippen molar-refractivity contribution in [2.45, 2.75) is 26.2 Å². The molecule has 0 N–H and O–H groups in total. The molecule has 1 atom stereocenters. The Balaban J connectivity index is 2.81. The quantitative estimate of drug-likeness (QED) is 0.688. The van der Waals surface area contributed by atoms with Crippen LogP contribution in [-0.4, -0.2) is 4.98 Å². The first kappa shape index (κ1) is 8.72. The highest BCUT2D eigenvalue weighted by Gasteiger charge is 2.01. The molecule has 0 aromatic carbocycles. The molecule has 0 bridgehead atoms. The van der Waals surface area contributed by atoms with Gasteiger partial charge in [0.1, 0.15) is 4.60 Å². The third-order valence-electron chi connectivity index (χ3n) is 1.93. The summed E-state index contributed by atoms with van der Waals surface area (Å²) >= 11 is 3.31. The summed E-state index contributed by atoms with van der Waals surface area (Å²) in [6, 6.07) is 4.10. The van der Waals surface area contributed by atoms with Gasteiger partial charge in [-0.3, -0.25) is 0 Å². The number of halogens is 1. The van der Waals surface area contributed by atoms with Crippen molar-refractivity contribution in [3.8, 4) is 0 Å². The Morgan fingerprint density at radius 2 is 2.27 bits per heavy atom. The lowest BCUT2D eigenvalue weighted by molar-refractivity contribution is 0.729. The Labute approximate surface area is 76.0 Å². The standard InChI is InChI=1S/C9H12BrN/c1-3-7(2)8-4-5-9(10)11-6-8/h4-7H,3H2,1-2H3. The maximum atomic E-state index is 4.16. The summed E-state index contributed by atoms with van der Waals surface area (Å²) in [6.45, 7) is 4.40. The Morgan fingerprint density at radius 1 is 1.55 bits per heavy atom. The number of rotatable bonds is 2. The van der Waals surface area contributed by atoms with E-state index in [2.05, 4.69) is 40.8 Å². The van der Waals surface area contributed by atoms with Gasteiger partial charge in [-0.05, 0) is 39.9 Å². The van der Waals surface area contributed by atoms with Crippen LogP contribution < -0.4 is 0 Å². The summed E-state index contributed by atoms with van der Waals surface area (Å²) in [6.07, 6.45) is 3.10. The highest BCUT2D eigenvalue weighted by atomic mass is 79.9. The molecule has 0 aliphatic carbocycles. The molecule has 0 fully saturated rings. The van der Waals surface area contributed by atoms with E-state index in [-0.39, 0.29) is 0 Å². The molecule has 0 saturated heterocycles. The van der Waals surface area contributed by atoms with Gasteiger partial charge in [0.15, 0.2) is 0 Å². The van der Waals surface area contributed by atoms with Gasteiger partial charge in [-0.25, -0.2) is 4.98 Å². The smallest absolute Gasteiger partial charge is 0.106 e. The molecule has 1 nitrogen and oxygen atoms in total. The molecule has 1 aromatic heterocycles. The predicted molar refractivity (Wildman–Crippen MR) is 50.6 cm³/mol. The molecule has 1 heterocycles. The number of hydrogen-bond acceptors (Lipinski definition) is 1. The zero-order valence-corrected chi connectivity index (χ0v) is 8.43. The van der Waals surface area contributed by atoms with Crippen molar-refractivity contribution in [2.24, 2.45) is 0 Å². The van der Waals surface area contributed by atoms with Gasteiger partial charge < -0.3 is 0 Å². The zero-order chi connectivity index (χ0) is 8.27. The molecule has 1 rings (SSSR count). The monoisotopic (exact) mass is 213 g/mol. The molecule has 60 valence electrons. The second kappa shape index (κ2) is 3.86. The summed E-state index contributed by atoms with van der Waals surface area (Å²) in [5, 5.41) is 0. The molecule has 0 radical (unpaired) electrons. The summed E-state index contributed by atoms with van der Waals surface area (Å²) < 4.78 is 0.907. The average Bonchev–Trinajstić information content (AvgIpc) is 2.05. The van der Waals surface area contributed by atoms with E-state index < -0.39 is 0 Å². The third kappa shape index (κ3) is 2.29. The number of aromatic nitrogens is 1. The Hall–Kier alpha value is -0.370. The van der Waals surface area contributed by atoms with Crippen molar-refractivity contribution in [3.63, 3.8) is 0 Å². The van der Waals surface area contributed by atoms with E-state index in [9.17, 15) is 0 Å². The van der Waals surface area contributed by atoms with Crippen molar-refractivity contribution in [3.05, 3.63) is 28.5 Å². The molecule has 0 spiro atoms. The van der Waals surface area contributed by atoms with Gasteiger partial charge in [0.05, 0.1) is 0 Å². The first-order valence-electron chi connectivity index (χ1n) is 3.85. The minimum atomic E-state index is 0.621. The Kier molecular flexibility index (Phi) is 3.06. The largest absolute Gasteiger partial charge is 0.249 e. The van der Waals surface area contributed by atoms with E-state index in [0.717, 1.165) is 4.60 Å². The fraction of sp³-hybridized carbons (Fsp3) is 0.444. The Bertz CT molecular complexity index is 218. The summed E-state index contributed by atoms with van der Waals surface area (Å²) in [7, 11) is 0. The summed E-state index contributed by atoms with van der Waals surface area (Å²) in [5.41, 5.74) is 1.32. The van der Waals surface area contributed by atoms with Gasteiger partial charge in [-0.2, -0.15) is 0 Å². The van der Waals surface area contributed by atoms with E-state index >= 15 is 0 Å². The normalized spacial score (nSPS) is 13.0. The highest BCUT2D eigenvalue weighted by molar-refractivity contribution is 9.10. The van der Waals surface area contributed by atoms with Crippen molar-refractivity contribution in [2.75, 3.05) is 0 Å². The van der Waals surface area contributed by atoms with Gasteiger partial charge >= 0.3 is 0 Å². The van der Waals surface area contributed by atoms with Gasteiger partial charge in [-0.1, -0.05) is 19.9 Å². The lowest BCUT2D eigenvalue weighted by atomic mass is 10.0. The molecule has 0 saturated carbocycles. The van der Waals surface area contributed by atoms with E-state index in [1.807, 2.05) is 12.3 Å². The van der Waals surface area contributed by atoms with Crippen LogP contribution in [0.3, 0.4) is 0 Å². The Morgan fingerprint density at radius 3 is 2.73 bits per heavy atom. The molecule has 1 aromatic rings. The number of pyridine rings is 1. The fourth-order valence-corrected chi connectivity index (χ4v) is 1.15. The third-order valence-corrected chi connectivity index (χ3v) is 2.40. The predicted octanol–water partition coefficient (Wildman–Crippen LogP) is 3.36. The molecule has 0 aliphatic rings. The SMILES string of the molecule is CCC(C)c1ccc(Br)nc1. The average molecular weight is 214 g/mol. The summed E-state index contributed by atoms with van der Waals surface area (Å²) in [4.78, 5) is 4.16. The van der Waals surface area contributed by atoms with Crippen molar-refractivity contribution in [1.82, 2.24) is 4.98 Å². The van der Waals surface area contributed by atoms with E-state index in [0.29, 0.717) is 5.92 Å². The van der Waals surface area contributed by atoms with Gasteiger partial charge in [-0.15, -0.1) is 0 Å². The van der Waals surface area contributed by atoms with Crippen molar-refractivity contribution < 1.29 is 0 Å². The maximum Gasteiger partial charge on any atom is 0.106 e. The van der Waals surface area contributed by atoms with Crippen LogP contribution in [0.4, 0.5) is 0 Å². The lowest BCUT2D eigenvalue weighted by Gasteiger charge is -2.06. The van der Waals surface area contributed by atoms with Crippen LogP contribution >= 0.6 is 15.9 Å². The van der Waals surface area contributed by atoms with Crippen LogP contribution in [0.25, 0.3) is 0 Å². The van der Waals surface area contributed by atoms with E-state index in [1.54, 1.807) is 0 Å². The minimum absolute atomic E-state index is 0.621. The fourth-order valence-electron chi connectivity index (χ4n) is 0.914. The van der Waals surface area contributed by atoms with Crippen molar-refractivity contribution >= 4 is 15.9 Å². The first-order chi connectivity index (χ1) is 5.24. The molecule has 11 heavy (non-hydrogen) atoms. The minimum Gasteiger partial charge on any atom is -0.249 e. The maximum absolute atomic E-state index is 4.16. The second-order valence-electron chi connectivity index (χ2n) is 2.72. The molecule has 1 unspecified atom stereocenters. The van der Waals surface area contributed by atoms with Gasteiger partial charge in [0.2, 0.25) is 0 Å².